The Balaban J connectivity index is 1.25. The van der Waals surface area contributed by atoms with Gasteiger partial charge in [-0.15, -0.1) is 0 Å². The van der Waals surface area contributed by atoms with E-state index < -0.39 is 11.7 Å². The second-order valence-electron chi connectivity index (χ2n) is 10.3. The summed E-state index contributed by atoms with van der Waals surface area (Å²) in [7, 11) is 0. The Labute approximate surface area is 220 Å². The summed E-state index contributed by atoms with van der Waals surface area (Å²) in [6.45, 7) is 9.43. The Bertz CT molecular complexity index is 1450. The molecule has 11 heteroatoms. The molecule has 4 aromatic rings. The van der Waals surface area contributed by atoms with E-state index in [1.54, 1.807) is 6.07 Å². The number of anilines is 1. The highest BCUT2D eigenvalue weighted by atomic mass is 16.6. The fourth-order valence-electron chi connectivity index (χ4n) is 4.36. The Morgan fingerprint density at radius 2 is 1.84 bits per heavy atom. The quantitative estimate of drug-likeness (QED) is 0.274. The lowest BCUT2D eigenvalue weighted by Gasteiger charge is -2.28. The van der Waals surface area contributed by atoms with Crippen molar-refractivity contribution in [2.75, 3.05) is 44.3 Å². The third-order valence-corrected chi connectivity index (χ3v) is 6.20. The van der Waals surface area contributed by atoms with Crippen LogP contribution in [0.4, 0.5) is 10.5 Å². The van der Waals surface area contributed by atoms with Gasteiger partial charge in [-0.1, -0.05) is 0 Å². The number of imidazole rings is 1. The number of nitrogens with one attached hydrogen (secondary N) is 4. The van der Waals surface area contributed by atoms with Crippen LogP contribution >= 0.6 is 0 Å². The van der Waals surface area contributed by atoms with Crippen molar-refractivity contribution in [2.45, 2.75) is 32.8 Å². The van der Waals surface area contributed by atoms with E-state index in [0.717, 1.165) is 53.9 Å². The topological polar surface area (TPSA) is 137 Å². The van der Waals surface area contributed by atoms with E-state index in [4.69, 9.17) is 14.5 Å². The molecule has 4 N–H and O–H groups in total. The predicted molar refractivity (Wildman–Crippen MR) is 145 cm³/mol. The zero-order valence-corrected chi connectivity index (χ0v) is 21.9. The number of carbonyl (C=O) groups is 2. The predicted octanol–water partition coefficient (Wildman–Crippen LogP) is 3.59. The molecule has 200 valence electrons. The fraction of sp³-hybridized carbons (Fsp3) is 0.407. The van der Waals surface area contributed by atoms with Gasteiger partial charge in [-0.2, -0.15) is 5.10 Å². The number of alkyl carbamates (subject to hydrolysis) is 1. The average molecular weight is 520 g/mol. The van der Waals surface area contributed by atoms with E-state index in [1.165, 1.54) is 0 Å². The molecule has 3 heterocycles. The number of carbonyl (C=O) groups excluding carboxylic acids is 2. The summed E-state index contributed by atoms with van der Waals surface area (Å²) in [5.74, 6) is 0.437. The molecule has 1 saturated heterocycles. The average Bonchev–Trinajstić information content (AvgIpc) is 3.50. The van der Waals surface area contributed by atoms with Gasteiger partial charge in [0.25, 0.3) is 5.91 Å². The van der Waals surface area contributed by atoms with Crippen LogP contribution in [0.3, 0.4) is 0 Å². The van der Waals surface area contributed by atoms with Crippen molar-refractivity contribution in [2.24, 2.45) is 0 Å². The summed E-state index contributed by atoms with van der Waals surface area (Å²) in [4.78, 5) is 34.9. The molecular formula is C27H33N7O4. The lowest BCUT2D eigenvalue weighted by Crippen LogP contribution is -2.36. The number of hydrogen-bond acceptors (Lipinski definition) is 7. The number of rotatable bonds is 7. The standard InChI is InChI=1S/C27H33N7O4/c1-27(2,3)38-26(36)29-10-4-9-28-25(35)17-5-7-20-19(15-17)23(33-32-20)24-30-21-8-6-18(16-22(21)31-24)34-11-13-37-14-12-34/h5-8,15-16H,4,9-14H2,1-3H3,(H,28,35)(H,29,36)(H,30,31)(H,32,33). The molecule has 1 aliphatic rings. The van der Waals surface area contributed by atoms with Gasteiger partial charge in [0.2, 0.25) is 0 Å². The van der Waals surface area contributed by atoms with Crippen LogP contribution in [-0.2, 0) is 9.47 Å². The van der Waals surface area contributed by atoms with E-state index in [0.29, 0.717) is 36.6 Å². The molecule has 0 aliphatic carbocycles. The van der Waals surface area contributed by atoms with Gasteiger partial charge < -0.3 is 30.0 Å². The van der Waals surface area contributed by atoms with Crippen LogP contribution in [0.15, 0.2) is 36.4 Å². The van der Waals surface area contributed by atoms with Crippen LogP contribution < -0.4 is 15.5 Å². The molecule has 0 saturated carbocycles. The van der Waals surface area contributed by atoms with E-state index in [1.807, 2.05) is 39.0 Å². The maximum atomic E-state index is 12.8. The third kappa shape index (κ3) is 5.88. The first-order valence-corrected chi connectivity index (χ1v) is 12.8. The number of fused-ring (bicyclic) bond motifs is 2. The van der Waals surface area contributed by atoms with Crippen LogP contribution in [0, 0.1) is 0 Å². The highest BCUT2D eigenvalue weighted by Crippen LogP contribution is 2.29. The van der Waals surface area contributed by atoms with E-state index in [2.05, 4.69) is 42.8 Å². The highest BCUT2D eigenvalue weighted by molar-refractivity contribution is 6.01. The number of morpholine rings is 1. The van der Waals surface area contributed by atoms with Crippen molar-refractivity contribution in [1.29, 1.82) is 0 Å². The Morgan fingerprint density at radius 3 is 2.63 bits per heavy atom. The molecule has 2 aromatic carbocycles. The Morgan fingerprint density at radius 1 is 1.05 bits per heavy atom. The molecular weight excluding hydrogens is 486 g/mol. The second-order valence-corrected chi connectivity index (χ2v) is 10.3. The SMILES string of the molecule is CC(C)(C)OC(=O)NCCCNC(=O)c1ccc2[nH]nc(-c3nc4ccc(N5CCOCC5)cc4[nH]3)c2c1. The van der Waals surface area contributed by atoms with Gasteiger partial charge in [0.15, 0.2) is 5.82 Å². The van der Waals surface area contributed by atoms with Gasteiger partial charge in [-0.25, -0.2) is 9.78 Å². The first-order valence-electron chi connectivity index (χ1n) is 12.8. The number of nitrogens with zero attached hydrogens (tertiary/aromatic N) is 3. The number of ether oxygens (including phenoxy) is 2. The summed E-state index contributed by atoms with van der Waals surface area (Å²) < 4.78 is 10.7. The number of aromatic nitrogens is 4. The van der Waals surface area contributed by atoms with Crippen molar-refractivity contribution in [3.05, 3.63) is 42.0 Å². The minimum Gasteiger partial charge on any atom is -0.444 e. The zero-order valence-electron chi connectivity index (χ0n) is 21.9. The molecule has 0 spiro atoms. The lowest BCUT2D eigenvalue weighted by atomic mass is 10.1. The third-order valence-electron chi connectivity index (χ3n) is 6.20. The normalized spacial score (nSPS) is 14.1. The van der Waals surface area contributed by atoms with Crippen LogP contribution in [0.25, 0.3) is 33.5 Å². The molecule has 2 aromatic heterocycles. The van der Waals surface area contributed by atoms with E-state index in [-0.39, 0.29) is 5.91 Å². The minimum absolute atomic E-state index is 0.198. The van der Waals surface area contributed by atoms with Crippen molar-refractivity contribution < 1.29 is 19.1 Å². The van der Waals surface area contributed by atoms with Crippen molar-refractivity contribution in [3.8, 4) is 11.5 Å². The molecule has 38 heavy (non-hydrogen) atoms. The van der Waals surface area contributed by atoms with Crippen LogP contribution in [0.1, 0.15) is 37.6 Å². The van der Waals surface area contributed by atoms with Gasteiger partial charge >= 0.3 is 6.09 Å². The van der Waals surface area contributed by atoms with Crippen LogP contribution in [0.2, 0.25) is 0 Å². The molecule has 1 fully saturated rings. The highest BCUT2D eigenvalue weighted by Gasteiger charge is 2.18. The molecule has 5 rings (SSSR count). The summed E-state index contributed by atoms with van der Waals surface area (Å²) in [5.41, 5.74) is 4.34. The van der Waals surface area contributed by atoms with Crippen LogP contribution in [0.5, 0.6) is 0 Å². The monoisotopic (exact) mass is 519 g/mol. The number of hydrogen-bond donors (Lipinski definition) is 4. The van der Waals surface area contributed by atoms with E-state index >= 15 is 0 Å². The molecule has 0 atom stereocenters. The Hall–Kier alpha value is -4.12. The molecule has 0 unspecified atom stereocenters. The molecule has 0 bridgehead atoms. The molecule has 0 radical (unpaired) electrons. The number of amides is 2. The summed E-state index contributed by atoms with van der Waals surface area (Å²) >= 11 is 0. The number of aromatic amines is 2. The lowest BCUT2D eigenvalue weighted by molar-refractivity contribution is 0.0527. The summed E-state index contributed by atoms with van der Waals surface area (Å²) in [6, 6.07) is 11.6. The van der Waals surface area contributed by atoms with Gasteiger partial charge in [0.1, 0.15) is 11.3 Å². The summed E-state index contributed by atoms with van der Waals surface area (Å²) in [6.07, 6.45) is 0.111. The number of H-pyrrole nitrogens is 2. The zero-order chi connectivity index (χ0) is 26.7. The van der Waals surface area contributed by atoms with Gasteiger partial charge in [0, 0.05) is 42.8 Å². The van der Waals surface area contributed by atoms with Crippen LogP contribution in [-0.4, -0.2) is 77.2 Å². The minimum atomic E-state index is -0.545. The summed E-state index contributed by atoms with van der Waals surface area (Å²) in [5, 5.41) is 13.9. The maximum absolute atomic E-state index is 12.8. The fourth-order valence-corrected chi connectivity index (χ4v) is 4.36. The maximum Gasteiger partial charge on any atom is 0.407 e. The van der Waals surface area contributed by atoms with Crippen molar-refractivity contribution in [1.82, 2.24) is 30.8 Å². The smallest absolute Gasteiger partial charge is 0.407 e. The van der Waals surface area contributed by atoms with Gasteiger partial charge in [-0.05, 0) is 63.6 Å². The Kier molecular flexibility index (Phi) is 7.19. The molecule has 2 amide bonds. The van der Waals surface area contributed by atoms with E-state index in [9.17, 15) is 9.59 Å². The molecule has 11 nitrogen and oxygen atoms in total. The number of benzene rings is 2. The van der Waals surface area contributed by atoms with Gasteiger partial charge in [0.05, 0.1) is 29.8 Å². The van der Waals surface area contributed by atoms with Crippen molar-refractivity contribution in [3.63, 3.8) is 0 Å². The van der Waals surface area contributed by atoms with Gasteiger partial charge in [-0.3, -0.25) is 9.89 Å². The second kappa shape index (κ2) is 10.7. The largest absolute Gasteiger partial charge is 0.444 e. The molecule has 1 aliphatic heterocycles. The van der Waals surface area contributed by atoms with Crippen molar-refractivity contribution >= 4 is 39.6 Å². The first kappa shape index (κ1) is 25.5. The first-order chi connectivity index (χ1) is 18.3.